The summed E-state index contributed by atoms with van der Waals surface area (Å²) in [6.07, 6.45) is 4.37. The van der Waals surface area contributed by atoms with Crippen molar-refractivity contribution in [1.29, 1.82) is 0 Å². The third-order valence-electron chi connectivity index (χ3n) is 3.77. The number of aromatic nitrogens is 2. The van der Waals surface area contributed by atoms with E-state index in [9.17, 15) is 8.42 Å². The molecule has 1 fully saturated rings. The van der Waals surface area contributed by atoms with Gasteiger partial charge >= 0.3 is 0 Å². The van der Waals surface area contributed by atoms with Crippen molar-refractivity contribution in [2.75, 3.05) is 17.1 Å². The minimum atomic E-state index is -3.44. The van der Waals surface area contributed by atoms with Crippen LogP contribution in [0.5, 0.6) is 0 Å². The Morgan fingerprint density at radius 3 is 2.78 bits per heavy atom. The quantitative estimate of drug-likeness (QED) is 0.879. The van der Waals surface area contributed by atoms with E-state index < -0.39 is 10.0 Å². The third-order valence-corrected chi connectivity index (χ3v) is 5.10. The molecule has 1 aromatic heterocycles. The number of sulfonamides is 1. The minimum absolute atomic E-state index is 0.0153. The van der Waals surface area contributed by atoms with E-state index in [-0.39, 0.29) is 11.9 Å². The van der Waals surface area contributed by atoms with Crippen molar-refractivity contribution in [3.05, 3.63) is 48.2 Å². The van der Waals surface area contributed by atoms with Crippen LogP contribution in [0.4, 0.5) is 5.82 Å². The second kappa shape index (κ2) is 7.14. The lowest BCUT2D eigenvalue weighted by molar-refractivity contribution is 0.0306. The maximum Gasteiger partial charge on any atom is 0.236 e. The fraction of sp³-hybridized carbons (Fsp3) is 0.438. The zero-order valence-electron chi connectivity index (χ0n) is 12.9. The maximum absolute atomic E-state index is 12.2. The van der Waals surface area contributed by atoms with Crippen LogP contribution in [0.25, 0.3) is 0 Å². The van der Waals surface area contributed by atoms with E-state index >= 15 is 0 Å². The van der Waals surface area contributed by atoms with E-state index in [0.29, 0.717) is 19.0 Å². The Bertz CT molecular complexity index is 722. The first-order valence-electron chi connectivity index (χ1n) is 7.80. The molecular formula is C16H21N3O3S. The first-order chi connectivity index (χ1) is 11.1. The highest BCUT2D eigenvalue weighted by Gasteiger charge is 2.22. The molecule has 0 bridgehead atoms. The van der Waals surface area contributed by atoms with E-state index in [0.717, 1.165) is 24.8 Å². The lowest BCUT2D eigenvalue weighted by Gasteiger charge is -2.22. The number of hydrogen-bond donors (Lipinski definition) is 1. The highest BCUT2D eigenvalue weighted by molar-refractivity contribution is 7.92. The lowest BCUT2D eigenvalue weighted by Crippen LogP contribution is -2.31. The van der Waals surface area contributed by atoms with Crippen molar-refractivity contribution in [2.24, 2.45) is 0 Å². The normalized spacial score (nSPS) is 18.7. The van der Waals surface area contributed by atoms with E-state index in [2.05, 4.69) is 9.82 Å². The number of benzene rings is 1. The van der Waals surface area contributed by atoms with Gasteiger partial charge in [-0.1, -0.05) is 30.3 Å². The fourth-order valence-electron chi connectivity index (χ4n) is 2.66. The van der Waals surface area contributed by atoms with E-state index in [1.807, 2.05) is 30.3 Å². The highest BCUT2D eigenvalue weighted by atomic mass is 32.2. The molecular weight excluding hydrogens is 314 g/mol. The third kappa shape index (κ3) is 4.80. The van der Waals surface area contributed by atoms with E-state index in [1.54, 1.807) is 16.9 Å². The zero-order chi connectivity index (χ0) is 16.1. The molecule has 0 unspecified atom stereocenters. The molecule has 3 rings (SSSR count). The summed E-state index contributed by atoms with van der Waals surface area (Å²) >= 11 is 0. The first-order valence-corrected chi connectivity index (χ1v) is 9.45. The van der Waals surface area contributed by atoms with Gasteiger partial charge < -0.3 is 4.74 Å². The summed E-state index contributed by atoms with van der Waals surface area (Å²) in [4.78, 5) is 0. The van der Waals surface area contributed by atoms with Crippen LogP contribution >= 0.6 is 0 Å². The molecule has 1 atom stereocenters. The molecule has 1 N–H and O–H groups in total. The molecule has 2 heterocycles. The topological polar surface area (TPSA) is 73.2 Å². The maximum atomic E-state index is 12.2. The predicted molar refractivity (Wildman–Crippen MR) is 88.8 cm³/mol. The van der Waals surface area contributed by atoms with Crippen LogP contribution in [-0.2, 0) is 21.3 Å². The standard InChI is InChI=1S/C16H21N3O3S/c20-23(21,13-15-8-4-5-11-22-15)18-16-9-10-19(17-16)12-14-6-2-1-3-7-14/h1-3,6-7,9-10,15H,4-5,8,11-13H2,(H,17,18)/t15-/m0/s1. The van der Waals surface area contributed by atoms with Crippen LogP contribution in [0, 0.1) is 0 Å². The fourth-order valence-corrected chi connectivity index (χ4v) is 3.92. The smallest absolute Gasteiger partial charge is 0.236 e. The van der Waals surface area contributed by atoms with Crippen LogP contribution in [0.3, 0.4) is 0 Å². The SMILES string of the molecule is O=S(=O)(C[C@@H]1CCCCO1)Nc1ccn(Cc2ccccc2)n1. The van der Waals surface area contributed by atoms with E-state index in [4.69, 9.17) is 4.74 Å². The van der Waals surface area contributed by atoms with Gasteiger partial charge in [-0.05, 0) is 24.8 Å². The Morgan fingerprint density at radius 2 is 2.04 bits per heavy atom. The molecule has 1 saturated heterocycles. The summed E-state index contributed by atoms with van der Waals surface area (Å²) in [6.45, 7) is 1.25. The van der Waals surface area contributed by atoms with Crippen molar-refractivity contribution in [3.8, 4) is 0 Å². The predicted octanol–water partition coefficient (Wildman–Crippen LogP) is 2.24. The van der Waals surface area contributed by atoms with Gasteiger partial charge in [-0.2, -0.15) is 5.10 Å². The molecule has 0 saturated carbocycles. The molecule has 1 aromatic carbocycles. The van der Waals surface area contributed by atoms with Gasteiger partial charge in [0.2, 0.25) is 10.0 Å². The summed E-state index contributed by atoms with van der Waals surface area (Å²) in [6, 6.07) is 11.6. The monoisotopic (exact) mass is 335 g/mol. The molecule has 0 radical (unpaired) electrons. The summed E-state index contributed by atoms with van der Waals surface area (Å²) in [5.41, 5.74) is 1.11. The van der Waals surface area contributed by atoms with Crippen LogP contribution in [0.1, 0.15) is 24.8 Å². The van der Waals surface area contributed by atoms with Gasteiger partial charge in [0.05, 0.1) is 18.4 Å². The van der Waals surface area contributed by atoms with Gasteiger partial charge in [-0.25, -0.2) is 8.42 Å². The first kappa shape index (κ1) is 16.0. The molecule has 2 aromatic rings. The average Bonchev–Trinajstić information content (AvgIpc) is 2.95. The van der Waals surface area contributed by atoms with Crippen LogP contribution in [0.2, 0.25) is 0 Å². The molecule has 0 aliphatic carbocycles. The van der Waals surface area contributed by atoms with Crippen molar-refractivity contribution >= 4 is 15.8 Å². The molecule has 23 heavy (non-hydrogen) atoms. The number of nitrogens with one attached hydrogen (secondary N) is 1. The molecule has 7 heteroatoms. The number of ether oxygens (including phenoxy) is 1. The van der Waals surface area contributed by atoms with Crippen molar-refractivity contribution < 1.29 is 13.2 Å². The Hall–Kier alpha value is -1.86. The summed E-state index contributed by atoms with van der Waals surface area (Å²) in [5, 5.41) is 4.27. The van der Waals surface area contributed by atoms with Crippen LogP contribution in [0.15, 0.2) is 42.6 Å². The molecule has 0 amide bonds. The molecule has 6 nitrogen and oxygen atoms in total. The Kier molecular flexibility index (Phi) is 4.97. The second-order valence-corrected chi connectivity index (χ2v) is 7.52. The van der Waals surface area contributed by atoms with Crippen molar-refractivity contribution in [2.45, 2.75) is 31.9 Å². The van der Waals surface area contributed by atoms with Gasteiger partial charge in [-0.15, -0.1) is 0 Å². The van der Waals surface area contributed by atoms with Crippen molar-refractivity contribution in [1.82, 2.24) is 9.78 Å². The largest absolute Gasteiger partial charge is 0.377 e. The van der Waals surface area contributed by atoms with Gasteiger partial charge in [-0.3, -0.25) is 9.40 Å². The minimum Gasteiger partial charge on any atom is -0.377 e. The molecule has 124 valence electrons. The lowest BCUT2D eigenvalue weighted by atomic mass is 10.1. The zero-order valence-corrected chi connectivity index (χ0v) is 13.7. The molecule has 0 spiro atoms. The van der Waals surface area contributed by atoms with Gasteiger partial charge in [0.25, 0.3) is 0 Å². The van der Waals surface area contributed by atoms with Gasteiger partial charge in [0, 0.05) is 18.9 Å². The molecule has 1 aliphatic rings. The number of nitrogens with zero attached hydrogens (tertiary/aromatic N) is 2. The Balaban J connectivity index is 1.59. The molecule has 1 aliphatic heterocycles. The van der Waals surface area contributed by atoms with Crippen LogP contribution in [-0.4, -0.2) is 36.7 Å². The van der Waals surface area contributed by atoms with Gasteiger partial charge in [0.15, 0.2) is 5.82 Å². The Morgan fingerprint density at radius 1 is 1.22 bits per heavy atom. The summed E-state index contributed by atoms with van der Waals surface area (Å²) < 4.78 is 34.1. The number of hydrogen-bond acceptors (Lipinski definition) is 4. The van der Waals surface area contributed by atoms with E-state index in [1.165, 1.54) is 0 Å². The van der Waals surface area contributed by atoms with Crippen molar-refractivity contribution in [3.63, 3.8) is 0 Å². The summed E-state index contributed by atoms with van der Waals surface area (Å²) in [5.74, 6) is 0.329. The number of anilines is 1. The Labute approximate surface area is 136 Å². The van der Waals surface area contributed by atoms with Crippen LogP contribution < -0.4 is 4.72 Å². The second-order valence-electron chi connectivity index (χ2n) is 5.76. The average molecular weight is 335 g/mol. The number of rotatable bonds is 6. The summed E-state index contributed by atoms with van der Waals surface area (Å²) in [7, 11) is -3.44. The highest BCUT2D eigenvalue weighted by Crippen LogP contribution is 2.16. The van der Waals surface area contributed by atoms with Gasteiger partial charge in [0.1, 0.15) is 0 Å².